The van der Waals surface area contributed by atoms with Gasteiger partial charge in [0.15, 0.2) is 5.76 Å². The fraction of sp³-hybridized carbons (Fsp3) is 0.400. The van der Waals surface area contributed by atoms with Crippen LogP contribution >= 0.6 is 11.3 Å². The molecule has 1 fully saturated rings. The zero-order chi connectivity index (χ0) is 24.9. The maximum Gasteiger partial charge on any atom is 0.342 e. The molecule has 0 aliphatic carbocycles. The number of carbonyl (C=O) groups excluding carboxylic acids is 3. The molecule has 0 aromatic carbocycles. The van der Waals surface area contributed by atoms with Gasteiger partial charge in [-0.3, -0.25) is 14.5 Å². The third-order valence-electron chi connectivity index (χ3n) is 6.22. The van der Waals surface area contributed by atoms with E-state index in [0.29, 0.717) is 49.9 Å². The molecular formula is C25H30N4O5S. The SMILES string of the molecule is CCOC(=O)c1c(C)c(C)n(Cc2cccs2)c1NC(=O)CN1CCN(C(=O)c2ccco2)CC1. The Labute approximate surface area is 208 Å². The average Bonchev–Trinajstić information content (AvgIpc) is 3.59. The van der Waals surface area contributed by atoms with Gasteiger partial charge in [0.05, 0.1) is 26.0 Å². The minimum atomic E-state index is -0.446. The molecule has 1 N–H and O–H groups in total. The number of esters is 1. The summed E-state index contributed by atoms with van der Waals surface area (Å²) in [5, 5.41) is 4.99. The van der Waals surface area contributed by atoms with Crippen LogP contribution in [0.5, 0.6) is 0 Å². The average molecular weight is 499 g/mol. The van der Waals surface area contributed by atoms with E-state index in [-0.39, 0.29) is 25.0 Å². The molecule has 3 aromatic heterocycles. The van der Waals surface area contributed by atoms with E-state index in [1.165, 1.54) is 6.26 Å². The number of carbonyl (C=O) groups is 3. The number of anilines is 1. The van der Waals surface area contributed by atoms with Crippen LogP contribution in [0.25, 0.3) is 0 Å². The molecule has 1 saturated heterocycles. The van der Waals surface area contributed by atoms with Crippen molar-refractivity contribution in [3.8, 4) is 0 Å². The van der Waals surface area contributed by atoms with E-state index >= 15 is 0 Å². The van der Waals surface area contributed by atoms with Crippen LogP contribution in [0.3, 0.4) is 0 Å². The Morgan fingerprint density at radius 3 is 2.51 bits per heavy atom. The largest absolute Gasteiger partial charge is 0.462 e. The van der Waals surface area contributed by atoms with Crippen molar-refractivity contribution in [3.63, 3.8) is 0 Å². The van der Waals surface area contributed by atoms with E-state index < -0.39 is 5.97 Å². The maximum atomic E-state index is 13.1. The van der Waals surface area contributed by atoms with Gasteiger partial charge in [-0.05, 0) is 49.9 Å². The molecule has 4 heterocycles. The predicted octanol–water partition coefficient (Wildman–Crippen LogP) is 3.38. The zero-order valence-corrected chi connectivity index (χ0v) is 21.0. The molecular weight excluding hydrogens is 468 g/mol. The Hall–Kier alpha value is -3.37. The van der Waals surface area contributed by atoms with Crippen LogP contribution in [0, 0.1) is 13.8 Å². The lowest BCUT2D eigenvalue weighted by atomic mass is 10.1. The number of furan rings is 1. The summed E-state index contributed by atoms with van der Waals surface area (Å²) >= 11 is 1.62. The third-order valence-corrected chi connectivity index (χ3v) is 7.08. The Balaban J connectivity index is 1.46. The smallest absolute Gasteiger partial charge is 0.342 e. The van der Waals surface area contributed by atoms with Crippen LogP contribution in [0.1, 0.15) is 44.0 Å². The van der Waals surface area contributed by atoms with Crippen molar-refractivity contribution in [1.29, 1.82) is 0 Å². The molecule has 9 nitrogen and oxygen atoms in total. The van der Waals surface area contributed by atoms with E-state index in [1.807, 2.05) is 40.8 Å². The summed E-state index contributed by atoms with van der Waals surface area (Å²) in [7, 11) is 0. The standard InChI is InChI=1S/C25H30N4O5S/c1-4-33-25(32)22-17(2)18(3)29(15-19-7-6-14-35-19)23(22)26-21(30)16-27-9-11-28(12-10-27)24(31)20-8-5-13-34-20/h5-8,13-14H,4,9-12,15-16H2,1-3H3,(H,26,30). The molecule has 10 heteroatoms. The molecule has 2 amide bonds. The lowest BCUT2D eigenvalue weighted by molar-refractivity contribution is -0.117. The van der Waals surface area contributed by atoms with Gasteiger partial charge in [-0.25, -0.2) is 4.79 Å². The lowest BCUT2D eigenvalue weighted by Gasteiger charge is -2.33. The van der Waals surface area contributed by atoms with Gasteiger partial charge in [0.1, 0.15) is 11.4 Å². The van der Waals surface area contributed by atoms with Crippen molar-refractivity contribution in [2.24, 2.45) is 0 Å². The second-order valence-electron chi connectivity index (χ2n) is 8.41. The molecule has 1 aliphatic heterocycles. The van der Waals surface area contributed by atoms with E-state index in [0.717, 1.165) is 16.1 Å². The number of nitrogens with one attached hydrogen (secondary N) is 1. The highest BCUT2D eigenvalue weighted by Gasteiger charge is 2.28. The van der Waals surface area contributed by atoms with E-state index in [2.05, 4.69) is 5.32 Å². The monoisotopic (exact) mass is 498 g/mol. The Morgan fingerprint density at radius 2 is 1.89 bits per heavy atom. The van der Waals surface area contributed by atoms with Crippen LogP contribution in [0.2, 0.25) is 0 Å². The number of rotatable bonds is 8. The number of hydrogen-bond acceptors (Lipinski definition) is 7. The van der Waals surface area contributed by atoms with Crippen LogP contribution in [-0.2, 0) is 16.1 Å². The molecule has 0 atom stereocenters. The summed E-state index contributed by atoms with van der Waals surface area (Å²) in [6.45, 7) is 8.69. The number of thiophene rings is 1. The first kappa shape index (κ1) is 24.7. The van der Waals surface area contributed by atoms with E-state index in [1.54, 1.807) is 35.3 Å². The molecule has 3 aromatic rings. The fourth-order valence-corrected chi connectivity index (χ4v) is 4.94. The molecule has 0 saturated carbocycles. The second kappa shape index (κ2) is 10.9. The number of hydrogen-bond donors (Lipinski definition) is 1. The summed E-state index contributed by atoms with van der Waals surface area (Å²) < 4.78 is 12.5. The van der Waals surface area contributed by atoms with Crippen molar-refractivity contribution in [1.82, 2.24) is 14.4 Å². The highest BCUT2D eigenvalue weighted by atomic mass is 32.1. The van der Waals surface area contributed by atoms with Gasteiger partial charge in [0.25, 0.3) is 5.91 Å². The van der Waals surface area contributed by atoms with Crippen LogP contribution in [0.15, 0.2) is 40.3 Å². The number of aromatic nitrogens is 1. The summed E-state index contributed by atoms with van der Waals surface area (Å²) in [6, 6.07) is 7.35. The molecule has 0 bridgehead atoms. The van der Waals surface area contributed by atoms with Crippen molar-refractivity contribution in [2.75, 3.05) is 44.6 Å². The Bertz CT molecular complexity index is 1180. The molecule has 1 aliphatic rings. The first-order chi connectivity index (χ1) is 16.9. The topological polar surface area (TPSA) is 97.0 Å². The minimum Gasteiger partial charge on any atom is -0.462 e. The Kier molecular flexibility index (Phi) is 7.72. The molecule has 0 radical (unpaired) electrons. The zero-order valence-electron chi connectivity index (χ0n) is 20.2. The van der Waals surface area contributed by atoms with Crippen molar-refractivity contribution < 1.29 is 23.5 Å². The number of nitrogens with zero attached hydrogens (tertiary/aromatic N) is 3. The van der Waals surface area contributed by atoms with Crippen LogP contribution < -0.4 is 5.32 Å². The number of ether oxygens (including phenoxy) is 1. The van der Waals surface area contributed by atoms with E-state index in [9.17, 15) is 14.4 Å². The maximum absolute atomic E-state index is 13.1. The number of amides is 2. The highest BCUT2D eigenvalue weighted by molar-refractivity contribution is 7.09. The first-order valence-electron chi connectivity index (χ1n) is 11.6. The predicted molar refractivity (Wildman–Crippen MR) is 133 cm³/mol. The highest BCUT2D eigenvalue weighted by Crippen LogP contribution is 2.29. The fourth-order valence-electron chi connectivity index (χ4n) is 4.24. The van der Waals surface area contributed by atoms with Crippen molar-refractivity contribution in [2.45, 2.75) is 27.3 Å². The molecule has 0 unspecified atom stereocenters. The summed E-state index contributed by atoms with van der Waals surface area (Å²) in [6.07, 6.45) is 1.48. The summed E-state index contributed by atoms with van der Waals surface area (Å²) in [5.41, 5.74) is 2.09. The van der Waals surface area contributed by atoms with Crippen LogP contribution in [0.4, 0.5) is 5.82 Å². The number of piperazine rings is 1. The van der Waals surface area contributed by atoms with Gasteiger partial charge in [0, 0.05) is 36.8 Å². The van der Waals surface area contributed by atoms with Gasteiger partial charge in [-0.2, -0.15) is 0 Å². The molecule has 186 valence electrons. The Morgan fingerprint density at radius 1 is 1.11 bits per heavy atom. The minimum absolute atomic E-state index is 0.143. The van der Waals surface area contributed by atoms with Crippen LogP contribution in [-0.4, -0.2) is 71.5 Å². The molecule has 0 spiro atoms. The van der Waals surface area contributed by atoms with Gasteiger partial charge in [0.2, 0.25) is 5.91 Å². The van der Waals surface area contributed by atoms with Gasteiger partial charge in [-0.15, -0.1) is 11.3 Å². The molecule has 35 heavy (non-hydrogen) atoms. The van der Waals surface area contributed by atoms with E-state index in [4.69, 9.17) is 9.15 Å². The summed E-state index contributed by atoms with van der Waals surface area (Å²) in [4.78, 5) is 43.2. The first-order valence-corrected chi connectivity index (χ1v) is 12.5. The summed E-state index contributed by atoms with van der Waals surface area (Å²) in [5.74, 6) is -0.0244. The normalized spacial score (nSPS) is 14.2. The third kappa shape index (κ3) is 5.49. The lowest BCUT2D eigenvalue weighted by Crippen LogP contribution is -2.50. The van der Waals surface area contributed by atoms with Gasteiger partial charge < -0.3 is 23.9 Å². The van der Waals surface area contributed by atoms with Crippen molar-refractivity contribution >= 4 is 34.9 Å². The molecule has 4 rings (SSSR count). The second-order valence-corrected chi connectivity index (χ2v) is 9.45. The van der Waals surface area contributed by atoms with Crippen molar-refractivity contribution in [3.05, 3.63) is 63.4 Å². The van der Waals surface area contributed by atoms with Gasteiger partial charge in [-0.1, -0.05) is 6.07 Å². The quantitative estimate of drug-likeness (QED) is 0.479. The van der Waals surface area contributed by atoms with Gasteiger partial charge >= 0.3 is 5.97 Å².